The van der Waals surface area contributed by atoms with Crippen molar-refractivity contribution in [3.63, 3.8) is 0 Å². The zero-order chi connectivity index (χ0) is 13.4. The van der Waals surface area contributed by atoms with E-state index in [2.05, 4.69) is 17.1 Å². The fourth-order valence-corrected chi connectivity index (χ4v) is 2.60. The molecule has 1 N–H and O–H groups in total. The van der Waals surface area contributed by atoms with Gasteiger partial charge in [-0.3, -0.25) is 9.69 Å². The van der Waals surface area contributed by atoms with Crippen molar-refractivity contribution < 1.29 is 4.79 Å². The van der Waals surface area contributed by atoms with Crippen LogP contribution >= 0.6 is 0 Å². The van der Waals surface area contributed by atoms with Crippen LogP contribution in [0.5, 0.6) is 0 Å². The van der Waals surface area contributed by atoms with Crippen molar-refractivity contribution in [3.8, 4) is 0 Å². The van der Waals surface area contributed by atoms with Gasteiger partial charge in [-0.15, -0.1) is 0 Å². The van der Waals surface area contributed by atoms with Crippen LogP contribution in [0.3, 0.4) is 0 Å². The van der Waals surface area contributed by atoms with Gasteiger partial charge in [-0.1, -0.05) is 6.92 Å². The standard InChI is InChI=1S/C14H29N3O/c1-4-16(11-13-7-9-15-10-8-13)12-14(18)17(5-2)6-3/h13,15H,4-12H2,1-3H3. The Morgan fingerprint density at radius 3 is 2.22 bits per heavy atom. The van der Waals surface area contributed by atoms with Gasteiger partial charge in [-0.05, 0) is 52.2 Å². The summed E-state index contributed by atoms with van der Waals surface area (Å²) in [7, 11) is 0. The lowest BCUT2D eigenvalue weighted by Gasteiger charge is -2.30. The summed E-state index contributed by atoms with van der Waals surface area (Å²) in [5.74, 6) is 1.03. The smallest absolute Gasteiger partial charge is 0.236 e. The molecule has 0 spiro atoms. The van der Waals surface area contributed by atoms with E-state index in [1.807, 2.05) is 18.7 Å². The van der Waals surface area contributed by atoms with Crippen molar-refractivity contribution in [1.29, 1.82) is 0 Å². The second-order valence-electron chi connectivity index (χ2n) is 5.09. The van der Waals surface area contributed by atoms with E-state index in [0.717, 1.165) is 45.2 Å². The van der Waals surface area contributed by atoms with Gasteiger partial charge >= 0.3 is 0 Å². The first kappa shape index (κ1) is 15.4. The van der Waals surface area contributed by atoms with Gasteiger partial charge in [0.2, 0.25) is 5.91 Å². The maximum absolute atomic E-state index is 12.1. The van der Waals surface area contributed by atoms with Crippen LogP contribution in [0.25, 0.3) is 0 Å². The summed E-state index contributed by atoms with van der Waals surface area (Å²) >= 11 is 0. The first-order chi connectivity index (χ1) is 8.71. The van der Waals surface area contributed by atoms with Gasteiger partial charge in [0.25, 0.3) is 0 Å². The van der Waals surface area contributed by atoms with Crippen molar-refractivity contribution >= 4 is 5.91 Å². The minimum atomic E-state index is 0.274. The van der Waals surface area contributed by atoms with Crippen LogP contribution in [0.15, 0.2) is 0 Å². The molecule has 0 atom stereocenters. The van der Waals surface area contributed by atoms with E-state index in [1.165, 1.54) is 12.8 Å². The van der Waals surface area contributed by atoms with E-state index < -0.39 is 0 Å². The van der Waals surface area contributed by atoms with E-state index in [0.29, 0.717) is 6.54 Å². The summed E-state index contributed by atoms with van der Waals surface area (Å²) < 4.78 is 0. The average molecular weight is 255 g/mol. The number of hydrogen-bond acceptors (Lipinski definition) is 3. The Balaban J connectivity index is 2.38. The molecule has 106 valence electrons. The minimum Gasteiger partial charge on any atom is -0.342 e. The molecule has 4 nitrogen and oxygen atoms in total. The zero-order valence-electron chi connectivity index (χ0n) is 12.2. The molecule has 1 fully saturated rings. The molecule has 1 aliphatic rings. The molecule has 0 aromatic rings. The molecule has 0 aliphatic carbocycles. The predicted molar refractivity (Wildman–Crippen MR) is 75.6 cm³/mol. The first-order valence-corrected chi connectivity index (χ1v) is 7.42. The predicted octanol–water partition coefficient (Wildman–Crippen LogP) is 1.18. The summed E-state index contributed by atoms with van der Waals surface area (Å²) in [6.07, 6.45) is 2.49. The van der Waals surface area contributed by atoms with Crippen molar-refractivity contribution in [3.05, 3.63) is 0 Å². The second-order valence-corrected chi connectivity index (χ2v) is 5.09. The van der Waals surface area contributed by atoms with E-state index in [1.54, 1.807) is 0 Å². The normalized spacial score (nSPS) is 17.1. The lowest BCUT2D eigenvalue weighted by Crippen LogP contribution is -2.43. The number of rotatable bonds is 7. The highest BCUT2D eigenvalue weighted by molar-refractivity contribution is 5.78. The number of nitrogens with zero attached hydrogens (tertiary/aromatic N) is 2. The molecule has 1 heterocycles. The zero-order valence-corrected chi connectivity index (χ0v) is 12.2. The Labute approximate surface area is 112 Å². The summed E-state index contributed by atoms with van der Waals surface area (Å²) in [5.41, 5.74) is 0. The van der Waals surface area contributed by atoms with Gasteiger partial charge in [0.15, 0.2) is 0 Å². The van der Waals surface area contributed by atoms with Crippen molar-refractivity contribution in [1.82, 2.24) is 15.1 Å². The third-order valence-corrected chi connectivity index (χ3v) is 3.90. The molecule has 18 heavy (non-hydrogen) atoms. The molecule has 0 unspecified atom stereocenters. The van der Waals surface area contributed by atoms with Crippen molar-refractivity contribution in [2.24, 2.45) is 5.92 Å². The Bertz CT molecular complexity index is 235. The molecule has 0 aromatic heterocycles. The van der Waals surface area contributed by atoms with E-state index in [9.17, 15) is 4.79 Å². The lowest BCUT2D eigenvalue weighted by atomic mass is 9.97. The summed E-state index contributed by atoms with van der Waals surface area (Å²) in [6.45, 7) is 12.8. The topological polar surface area (TPSA) is 35.6 Å². The van der Waals surface area contributed by atoms with Gasteiger partial charge in [0.05, 0.1) is 6.54 Å². The number of piperidine rings is 1. The Morgan fingerprint density at radius 1 is 1.11 bits per heavy atom. The van der Waals surface area contributed by atoms with Gasteiger partial charge < -0.3 is 10.2 Å². The number of likely N-dealkylation sites (N-methyl/N-ethyl adjacent to an activating group) is 2. The van der Waals surface area contributed by atoms with Crippen LogP contribution in [0, 0.1) is 5.92 Å². The Hall–Kier alpha value is -0.610. The number of carbonyl (C=O) groups is 1. The number of hydrogen-bond donors (Lipinski definition) is 1. The number of nitrogens with one attached hydrogen (secondary N) is 1. The maximum Gasteiger partial charge on any atom is 0.236 e. The summed E-state index contributed by atoms with van der Waals surface area (Å²) in [4.78, 5) is 16.3. The molecule has 0 radical (unpaired) electrons. The molecule has 1 amide bonds. The molecule has 0 bridgehead atoms. The number of amides is 1. The quantitative estimate of drug-likeness (QED) is 0.742. The highest BCUT2D eigenvalue weighted by Crippen LogP contribution is 2.13. The average Bonchev–Trinajstić information content (AvgIpc) is 2.40. The monoisotopic (exact) mass is 255 g/mol. The molecule has 1 rings (SSSR count). The maximum atomic E-state index is 12.1. The second kappa shape index (κ2) is 8.48. The fourth-order valence-electron chi connectivity index (χ4n) is 2.60. The summed E-state index contributed by atoms with van der Waals surface area (Å²) in [5, 5.41) is 3.39. The minimum absolute atomic E-state index is 0.274. The summed E-state index contributed by atoms with van der Waals surface area (Å²) in [6, 6.07) is 0. The molecular weight excluding hydrogens is 226 g/mol. The van der Waals surface area contributed by atoms with Crippen LogP contribution in [0.4, 0.5) is 0 Å². The fraction of sp³-hybridized carbons (Fsp3) is 0.929. The van der Waals surface area contributed by atoms with Gasteiger partial charge in [0, 0.05) is 19.6 Å². The van der Waals surface area contributed by atoms with Crippen LogP contribution < -0.4 is 5.32 Å². The van der Waals surface area contributed by atoms with Crippen molar-refractivity contribution in [2.45, 2.75) is 33.6 Å². The molecule has 1 saturated heterocycles. The van der Waals surface area contributed by atoms with Gasteiger partial charge in [-0.25, -0.2) is 0 Å². The Kier molecular flexibility index (Phi) is 7.28. The van der Waals surface area contributed by atoms with Crippen LogP contribution in [0.2, 0.25) is 0 Å². The molecule has 0 saturated carbocycles. The lowest BCUT2D eigenvalue weighted by molar-refractivity contribution is -0.132. The molecule has 1 aliphatic heterocycles. The van der Waals surface area contributed by atoms with Gasteiger partial charge in [-0.2, -0.15) is 0 Å². The third-order valence-electron chi connectivity index (χ3n) is 3.90. The van der Waals surface area contributed by atoms with Crippen LogP contribution in [-0.4, -0.2) is 61.5 Å². The van der Waals surface area contributed by atoms with Crippen LogP contribution in [0.1, 0.15) is 33.6 Å². The van der Waals surface area contributed by atoms with Crippen molar-refractivity contribution in [2.75, 3.05) is 45.8 Å². The van der Waals surface area contributed by atoms with Crippen LogP contribution in [-0.2, 0) is 4.79 Å². The Morgan fingerprint density at radius 2 is 1.72 bits per heavy atom. The molecule has 4 heteroatoms. The number of carbonyl (C=O) groups excluding carboxylic acids is 1. The third kappa shape index (κ3) is 4.94. The highest BCUT2D eigenvalue weighted by atomic mass is 16.2. The molecular formula is C14H29N3O. The largest absolute Gasteiger partial charge is 0.342 e. The van der Waals surface area contributed by atoms with E-state index in [4.69, 9.17) is 0 Å². The first-order valence-electron chi connectivity index (χ1n) is 7.42. The van der Waals surface area contributed by atoms with E-state index >= 15 is 0 Å². The molecule has 0 aromatic carbocycles. The SMILES string of the molecule is CCN(CC(=O)N(CC)CC)CC1CCNCC1. The van der Waals surface area contributed by atoms with E-state index in [-0.39, 0.29) is 5.91 Å². The highest BCUT2D eigenvalue weighted by Gasteiger charge is 2.19. The van der Waals surface area contributed by atoms with Gasteiger partial charge in [0.1, 0.15) is 0 Å².